The summed E-state index contributed by atoms with van der Waals surface area (Å²) in [5.41, 5.74) is 3.43. The molecule has 4 heteroatoms. The zero-order valence-electron chi connectivity index (χ0n) is 12.1. The standard InChI is InChI=1S/C18H15FO3/c1-12-2-7-16-14(11-21-17(16)8-12)9-18(20)22-10-13-3-5-15(19)6-4-13/h2-8,11H,9-10H2,1H3. The number of carbonyl (C=O) groups is 1. The summed E-state index contributed by atoms with van der Waals surface area (Å²) in [6.07, 6.45) is 1.74. The van der Waals surface area contributed by atoms with Crippen molar-refractivity contribution in [3.63, 3.8) is 0 Å². The van der Waals surface area contributed by atoms with E-state index in [9.17, 15) is 9.18 Å². The van der Waals surface area contributed by atoms with Crippen molar-refractivity contribution >= 4 is 16.9 Å². The molecule has 0 unspecified atom stereocenters. The smallest absolute Gasteiger partial charge is 0.310 e. The SMILES string of the molecule is Cc1ccc2c(CC(=O)OCc3ccc(F)cc3)coc2c1. The minimum atomic E-state index is -0.340. The molecular weight excluding hydrogens is 283 g/mol. The first-order valence-electron chi connectivity index (χ1n) is 6.98. The summed E-state index contributed by atoms with van der Waals surface area (Å²) in [5, 5.41) is 0.921. The van der Waals surface area contributed by atoms with Gasteiger partial charge in [-0.25, -0.2) is 4.39 Å². The van der Waals surface area contributed by atoms with Crippen molar-refractivity contribution in [3.8, 4) is 0 Å². The molecule has 0 aliphatic carbocycles. The molecule has 0 fully saturated rings. The molecule has 2 aromatic carbocycles. The average Bonchev–Trinajstić information content (AvgIpc) is 2.89. The molecule has 3 nitrogen and oxygen atoms in total. The number of esters is 1. The molecule has 1 aromatic heterocycles. The predicted molar refractivity (Wildman–Crippen MR) is 80.9 cm³/mol. The van der Waals surface area contributed by atoms with Gasteiger partial charge in [0.05, 0.1) is 12.7 Å². The molecule has 112 valence electrons. The second kappa shape index (κ2) is 6.02. The van der Waals surface area contributed by atoms with Gasteiger partial charge in [0.15, 0.2) is 0 Å². The molecule has 0 saturated heterocycles. The van der Waals surface area contributed by atoms with Crippen molar-refractivity contribution in [1.82, 2.24) is 0 Å². The number of ether oxygens (including phenoxy) is 1. The van der Waals surface area contributed by atoms with Crippen LogP contribution < -0.4 is 0 Å². The van der Waals surface area contributed by atoms with Gasteiger partial charge in [0.2, 0.25) is 0 Å². The lowest BCUT2D eigenvalue weighted by Gasteiger charge is -2.04. The van der Waals surface area contributed by atoms with Crippen LogP contribution in [0.3, 0.4) is 0 Å². The highest BCUT2D eigenvalue weighted by atomic mass is 19.1. The van der Waals surface area contributed by atoms with Gasteiger partial charge in [-0.05, 0) is 36.2 Å². The number of halogens is 1. The predicted octanol–water partition coefficient (Wildman–Crippen LogP) is 4.17. The van der Waals surface area contributed by atoms with Crippen LogP contribution in [-0.2, 0) is 22.6 Å². The van der Waals surface area contributed by atoms with E-state index in [1.165, 1.54) is 12.1 Å². The molecule has 0 atom stereocenters. The maximum Gasteiger partial charge on any atom is 0.310 e. The normalized spacial score (nSPS) is 10.8. The maximum atomic E-state index is 12.8. The van der Waals surface area contributed by atoms with E-state index in [1.807, 2.05) is 25.1 Å². The highest BCUT2D eigenvalue weighted by Crippen LogP contribution is 2.23. The summed E-state index contributed by atoms with van der Waals surface area (Å²) in [6.45, 7) is 2.12. The van der Waals surface area contributed by atoms with Gasteiger partial charge in [-0.2, -0.15) is 0 Å². The van der Waals surface area contributed by atoms with Gasteiger partial charge in [-0.1, -0.05) is 24.3 Å². The van der Waals surface area contributed by atoms with E-state index < -0.39 is 0 Å². The lowest BCUT2D eigenvalue weighted by atomic mass is 10.1. The summed E-state index contributed by atoms with van der Waals surface area (Å²) >= 11 is 0. The van der Waals surface area contributed by atoms with Crippen LogP contribution in [0, 0.1) is 12.7 Å². The number of rotatable bonds is 4. The number of benzene rings is 2. The maximum absolute atomic E-state index is 12.8. The molecule has 3 rings (SSSR count). The first kappa shape index (κ1) is 14.3. The monoisotopic (exact) mass is 298 g/mol. The average molecular weight is 298 g/mol. The van der Waals surface area contributed by atoms with Crippen molar-refractivity contribution in [2.24, 2.45) is 0 Å². The Kier molecular flexibility index (Phi) is 3.92. The van der Waals surface area contributed by atoms with Crippen LogP contribution in [0.2, 0.25) is 0 Å². The summed E-state index contributed by atoms with van der Waals surface area (Å²) in [7, 11) is 0. The third-order valence-electron chi connectivity index (χ3n) is 3.46. The van der Waals surface area contributed by atoms with E-state index in [0.29, 0.717) is 0 Å². The molecule has 0 radical (unpaired) electrons. The van der Waals surface area contributed by atoms with E-state index in [2.05, 4.69) is 0 Å². The van der Waals surface area contributed by atoms with Gasteiger partial charge in [0.25, 0.3) is 0 Å². The van der Waals surface area contributed by atoms with Crippen LogP contribution in [0.1, 0.15) is 16.7 Å². The van der Waals surface area contributed by atoms with Gasteiger partial charge in [-0.3, -0.25) is 4.79 Å². The Labute approximate surface area is 127 Å². The fourth-order valence-electron chi connectivity index (χ4n) is 2.28. The highest BCUT2D eigenvalue weighted by Gasteiger charge is 2.11. The topological polar surface area (TPSA) is 39.4 Å². The molecule has 0 N–H and O–H groups in total. The van der Waals surface area contributed by atoms with Crippen molar-refractivity contribution in [1.29, 1.82) is 0 Å². The Hall–Kier alpha value is -2.62. The largest absolute Gasteiger partial charge is 0.464 e. The first-order valence-corrected chi connectivity index (χ1v) is 6.98. The van der Waals surface area contributed by atoms with E-state index >= 15 is 0 Å². The number of hydrogen-bond donors (Lipinski definition) is 0. The van der Waals surface area contributed by atoms with E-state index in [4.69, 9.17) is 9.15 Å². The number of fused-ring (bicyclic) bond motifs is 1. The van der Waals surface area contributed by atoms with Gasteiger partial charge in [0, 0.05) is 10.9 Å². The quantitative estimate of drug-likeness (QED) is 0.679. The summed E-state index contributed by atoms with van der Waals surface area (Å²) < 4.78 is 23.5. The Bertz CT molecular complexity index is 803. The lowest BCUT2D eigenvalue weighted by Crippen LogP contribution is -2.07. The van der Waals surface area contributed by atoms with Crippen molar-refractivity contribution in [2.75, 3.05) is 0 Å². The Balaban J connectivity index is 1.64. The van der Waals surface area contributed by atoms with Crippen LogP contribution in [0.15, 0.2) is 53.1 Å². The van der Waals surface area contributed by atoms with E-state index in [1.54, 1.807) is 18.4 Å². The molecule has 0 spiro atoms. The second-order valence-electron chi connectivity index (χ2n) is 5.22. The van der Waals surface area contributed by atoms with E-state index in [-0.39, 0.29) is 24.8 Å². The van der Waals surface area contributed by atoms with Crippen LogP contribution >= 0.6 is 0 Å². The summed E-state index contributed by atoms with van der Waals surface area (Å²) in [5.74, 6) is -0.650. The Morgan fingerprint density at radius 3 is 2.73 bits per heavy atom. The molecule has 22 heavy (non-hydrogen) atoms. The third-order valence-corrected chi connectivity index (χ3v) is 3.46. The summed E-state index contributed by atoms with van der Waals surface area (Å²) in [6, 6.07) is 11.7. The Morgan fingerprint density at radius 1 is 1.18 bits per heavy atom. The molecule has 3 aromatic rings. The van der Waals surface area contributed by atoms with Crippen LogP contribution in [0.4, 0.5) is 4.39 Å². The van der Waals surface area contributed by atoms with Crippen LogP contribution in [-0.4, -0.2) is 5.97 Å². The minimum Gasteiger partial charge on any atom is -0.464 e. The van der Waals surface area contributed by atoms with E-state index in [0.717, 1.165) is 27.7 Å². The molecule has 0 saturated carbocycles. The molecular formula is C18H15FO3. The molecule has 0 aliphatic rings. The Morgan fingerprint density at radius 2 is 1.95 bits per heavy atom. The van der Waals surface area contributed by atoms with Crippen molar-refractivity contribution in [2.45, 2.75) is 20.0 Å². The number of furan rings is 1. The van der Waals surface area contributed by atoms with Crippen molar-refractivity contribution in [3.05, 3.63) is 71.2 Å². The van der Waals surface area contributed by atoms with Crippen LogP contribution in [0.25, 0.3) is 11.0 Å². The highest BCUT2D eigenvalue weighted by molar-refractivity contribution is 5.86. The first-order chi connectivity index (χ1) is 10.6. The van der Waals surface area contributed by atoms with Gasteiger partial charge in [-0.15, -0.1) is 0 Å². The number of carbonyl (C=O) groups excluding carboxylic acids is 1. The van der Waals surface area contributed by atoms with Gasteiger partial charge in [0.1, 0.15) is 18.0 Å². The fraction of sp³-hybridized carbons (Fsp3) is 0.167. The fourth-order valence-corrected chi connectivity index (χ4v) is 2.28. The summed E-state index contributed by atoms with van der Waals surface area (Å²) in [4.78, 5) is 11.9. The zero-order valence-corrected chi connectivity index (χ0v) is 12.1. The molecule has 0 amide bonds. The lowest BCUT2D eigenvalue weighted by molar-refractivity contribution is -0.144. The van der Waals surface area contributed by atoms with Crippen molar-refractivity contribution < 1.29 is 18.3 Å². The number of aryl methyl sites for hydroxylation is 1. The van der Waals surface area contributed by atoms with Gasteiger partial charge >= 0.3 is 5.97 Å². The molecule has 0 aliphatic heterocycles. The second-order valence-corrected chi connectivity index (χ2v) is 5.22. The number of hydrogen-bond acceptors (Lipinski definition) is 3. The third kappa shape index (κ3) is 3.17. The minimum absolute atomic E-state index is 0.133. The van der Waals surface area contributed by atoms with Gasteiger partial charge < -0.3 is 9.15 Å². The zero-order chi connectivity index (χ0) is 15.5. The molecule has 1 heterocycles. The van der Waals surface area contributed by atoms with Crippen LogP contribution in [0.5, 0.6) is 0 Å². The molecule has 0 bridgehead atoms.